The van der Waals surface area contributed by atoms with Gasteiger partial charge in [0.05, 0.1) is 18.3 Å². The third kappa shape index (κ3) is 2.42. The van der Waals surface area contributed by atoms with Gasteiger partial charge in [-0.1, -0.05) is 18.3 Å². The van der Waals surface area contributed by atoms with E-state index >= 15 is 0 Å². The van der Waals surface area contributed by atoms with E-state index in [4.69, 9.17) is 9.84 Å². The Kier molecular flexibility index (Phi) is 3.63. The van der Waals surface area contributed by atoms with Crippen LogP contribution in [0.2, 0.25) is 0 Å². The number of thiazole rings is 1. The average Bonchev–Trinajstić information content (AvgIpc) is 2.97. The quantitative estimate of drug-likeness (QED) is 0.887. The zero-order valence-electron chi connectivity index (χ0n) is 9.97. The average molecular weight is 256 g/mol. The molecule has 5 nitrogen and oxygen atoms in total. The predicted molar refractivity (Wildman–Crippen MR) is 66.1 cm³/mol. The van der Waals surface area contributed by atoms with Crippen molar-refractivity contribution in [2.45, 2.75) is 25.8 Å². The van der Waals surface area contributed by atoms with E-state index in [0.29, 0.717) is 29.6 Å². The van der Waals surface area contributed by atoms with E-state index < -0.39 is 5.97 Å². The summed E-state index contributed by atoms with van der Waals surface area (Å²) in [5, 5.41) is 9.86. The van der Waals surface area contributed by atoms with Crippen molar-refractivity contribution in [1.29, 1.82) is 0 Å². The van der Waals surface area contributed by atoms with E-state index in [9.17, 15) is 4.79 Å². The molecule has 2 rings (SSSR count). The maximum absolute atomic E-state index is 11.1. The van der Waals surface area contributed by atoms with Crippen molar-refractivity contribution in [2.75, 3.05) is 25.2 Å². The SMILES string of the molecule is CCc1nc(N(C)C2CCOC2)sc1C(=O)O. The summed E-state index contributed by atoms with van der Waals surface area (Å²) >= 11 is 1.25. The molecule has 94 valence electrons. The first-order valence-corrected chi connectivity index (χ1v) is 6.48. The monoisotopic (exact) mass is 256 g/mol. The fourth-order valence-electron chi connectivity index (χ4n) is 1.88. The van der Waals surface area contributed by atoms with E-state index in [-0.39, 0.29) is 0 Å². The van der Waals surface area contributed by atoms with E-state index in [1.807, 2.05) is 18.9 Å². The number of anilines is 1. The van der Waals surface area contributed by atoms with E-state index in [1.165, 1.54) is 11.3 Å². The molecule has 17 heavy (non-hydrogen) atoms. The third-order valence-electron chi connectivity index (χ3n) is 2.97. The first kappa shape index (κ1) is 12.3. The number of ether oxygens (including phenoxy) is 1. The summed E-state index contributed by atoms with van der Waals surface area (Å²) in [6.07, 6.45) is 1.62. The minimum Gasteiger partial charge on any atom is -0.477 e. The molecule has 0 amide bonds. The molecule has 0 radical (unpaired) electrons. The van der Waals surface area contributed by atoms with Crippen LogP contribution in [0.25, 0.3) is 0 Å². The van der Waals surface area contributed by atoms with Gasteiger partial charge in [0.15, 0.2) is 5.13 Å². The zero-order chi connectivity index (χ0) is 12.4. The smallest absolute Gasteiger partial charge is 0.347 e. The summed E-state index contributed by atoms with van der Waals surface area (Å²) in [5.74, 6) is -0.887. The fourth-order valence-corrected chi connectivity index (χ4v) is 2.91. The lowest BCUT2D eigenvalue weighted by Gasteiger charge is -2.21. The molecular weight excluding hydrogens is 240 g/mol. The molecule has 1 aliphatic heterocycles. The second-order valence-electron chi connectivity index (χ2n) is 4.06. The molecule has 0 aliphatic carbocycles. The van der Waals surface area contributed by atoms with Crippen molar-refractivity contribution in [3.05, 3.63) is 10.6 Å². The number of hydrogen-bond donors (Lipinski definition) is 1. The number of carboxylic acid groups (broad SMARTS) is 1. The number of carbonyl (C=O) groups is 1. The zero-order valence-corrected chi connectivity index (χ0v) is 10.8. The number of hydrogen-bond acceptors (Lipinski definition) is 5. The summed E-state index contributed by atoms with van der Waals surface area (Å²) in [4.78, 5) is 17.9. The standard InChI is InChI=1S/C11H16N2O3S/c1-3-8-9(10(14)15)17-11(12-8)13(2)7-4-5-16-6-7/h7H,3-6H2,1-2H3,(H,14,15). The minimum atomic E-state index is -0.887. The Hall–Kier alpha value is -1.14. The molecule has 0 bridgehead atoms. The van der Waals surface area contributed by atoms with Crippen molar-refractivity contribution in [1.82, 2.24) is 4.98 Å². The van der Waals surface area contributed by atoms with Gasteiger partial charge in [-0.05, 0) is 12.8 Å². The van der Waals surface area contributed by atoms with Crippen LogP contribution < -0.4 is 4.90 Å². The predicted octanol–water partition coefficient (Wildman–Crippen LogP) is 1.63. The van der Waals surface area contributed by atoms with Crippen LogP contribution in [0.5, 0.6) is 0 Å². The van der Waals surface area contributed by atoms with Crippen molar-refractivity contribution >= 4 is 22.4 Å². The Morgan fingerprint density at radius 3 is 2.94 bits per heavy atom. The van der Waals surface area contributed by atoms with Crippen LogP contribution in [-0.4, -0.2) is 42.4 Å². The highest BCUT2D eigenvalue weighted by molar-refractivity contribution is 7.17. The lowest BCUT2D eigenvalue weighted by Crippen LogP contribution is -2.31. The molecule has 1 unspecified atom stereocenters. The van der Waals surface area contributed by atoms with Gasteiger partial charge in [-0.3, -0.25) is 0 Å². The summed E-state index contributed by atoms with van der Waals surface area (Å²) in [5.41, 5.74) is 0.670. The van der Waals surface area contributed by atoms with Crippen LogP contribution in [0.3, 0.4) is 0 Å². The highest BCUT2D eigenvalue weighted by Gasteiger charge is 2.25. The molecule has 1 aliphatic rings. The van der Waals surface area contributed by atoms with Gasteiger partial charge in [0.1, 0.15) is 4.88 Å². The van der Waals surface area contributed by atoms with Crippen LogP contribution in [0, 0.1) is 0 Å². The second kappa shape index (κ2) is 5.01. The molecule has 1 aromatic heterocycles. The number of rotatable bonds is 4. The molecule has 0 spiro atoms. The molecule has 1 aromatic rings. The molecule has 6 heteroatoms. The van der Waals surface area contributed by atoms with E-state index in [1.54, 1.807) is 0 Å². The van der Waals surface area contributed by atoms with Crippen molar-refractivity contribution < 1.29 is 14.6 Å². The Morgan fingerprint density at radius 1 is 1.71 bits per heavy atom. The lowest BCUT2D eigenvalue weighted by molar-refractivity contribution is 0.0701. The lowest BCUT2D eigenvalue weighted by atomic mass is 10.2. The van der Waals surface area contributed by atoms with Gasteiger partial charge >= 0.3 is 5.97 Å². The minimum absolute atomic E-state index is 0.313. The maximum atomic E-state index is 11.1. The van der Waals surface area contributed by atoms with Crippen molar-refractivity contribution in [2.24, 2.45) is 0 Å². The van der Waals surface area contributed by atoms with Crippen LogP contribution in [-0.2, 0) is 11.2 Å². The first-order valence-electron chi connectivity index (χ1n) is 5.67. The van der Waals surface area contributed by atoms with Gasteiger partial charge in [0, 0.05) is 13.7 Å². The Morgan fingerprint density at radius 2 is 2.47 bits per heavy atom. The molecule has 1 atom stereocenters. The van der Waals surface area contributed by atoms with Gasteiger partial charge in [-0.2, -0.15) is 0 Å². The maximum Gasteiger partial charge on any atom is 0.347 e. The fraction of sp³-hybridized carbons (Fsp3) is 0.636. The number of likely N-dealkylation sites (N-methyl/N-ethyl adjacent to an activating group) is 1. The normalized spacial score (nSPS) is 19.5. The molecule has 1 saturated heterocycles. The Balaban J connectivity index is 2.23. The van der Waals surface area contributed by atoms with Gasteiger partial charge in [-0.25, -0.2) is 9.78 Å². The first-order chi connectivity index (χ1) is 8.13. The third-order valence-corrected chi connectivity index (χ3v) is 4.15. The van der Waals surface area contributed by atoms with Crippen molar-refractivity contribution in [3.8, 4) is 0 Å². The largest absolute Gasteiger partial charge is 0.477 e. The van der Waals surface area contributed by atoms with E-state index in [0.717, 1.165) is 18.2 Å². The van der Waals surface area contributed by atoms with Crippen LogP contribution in [0.4, 0.5) is 5.13 Å². The number of aromatic carboxylic acids is 1. The summed E-state index contributed by atoms with van der Waals surface area (Å²) in [6.45, 7) is 3.39. The Bertz CT molecular complexity index is 413. The molecular formula is C11H16N2O3S. The van der Waals surface area contributed by atoms with Gasteiger partial charge in [0.25, 0.3) is 0 Å². The highest BCUT2D eigenvalue weighted by atomic mass is 32.1. The molecule has 0 aromatic carbocycles. The number of carboxylic acids is 1. The van der Waals surface area contributed by atoms with Gasteiger partial charge in [0.2, 0.25) is 0 Å². The molecule has 0 saturated carbocycles. The number of aryl methyl sites for hydroxylation is 1. The molecule has 2 heterocycles. The molecule has 1 N–H and O–H groups in total. The van der Waals surface area contributed by atoms with Crippen molar-refractivity contribution in [3.63, 3.8) is 0 Å². The number of aromatic nitrogens is 1. The second-order valence-corrected chi connectivity index (χ2v) is 5.04. The van der Waals surface area contributed by atoms with Gasteiger partial charge in [-0.15, -0.1) is 0 Å². The number of nitrogens with zero attached hydrogens (tertiary/aromatic N) is 2. The van der Waals surface area contributed by atoms with Crippen LogP contribution >= 0.6 is 11.3 Å². The van der Waals surface area contributed by atoms with Crippen LogP contribution in [0.15, 0.2) is 0 Å². The summed E-state index contributed by atoms with van der Waals surface area (Å²) in [7, 11) is 1.95. The highest BCUT2D eigenvalue weighted by Crippen LogP contribution is 2.28. The summed E-state index contributed by atoms with van der Waals surface area (Å²) in [6, 6.07) is 0.313. The topological polar surface area (TPSA) is 62.7 Å². The molecule has 1 fully saturated rings. The van der Waals surface area contributed by atoms with Crippen LogP contribution in [0.1, 0.15) is 28.7 Å². The Labute approximate surface area is 104 Å². The van der Waals surface area contributed by atoms with Gasteiger partial charge < -0.3 is 14.7 Å². The summed E-state index contributed by atoms with van der Waals surface area (Å²) < 4.78 is 5.33. The van der Waals surface area contributed by atoms with E-state index in [2.05, 4.69) is 4.98 Å².